The zero-order valence-corrected chi connectivity index (χ0v) is 5.09. The monoisotopic (exact) mass is 164 g/mol. The molecule has 0 radical (unpaired) electrons. The molecule has 11 heavy (non-hydrogen) atoms. The van der Waals surface area contributed by atoms with E-state index >= 15 is 0 Å². The zero-order valence-electron chi connectivity index (χ0n) is 5.09. The topological polar surface area (TPSA) is 126 Å². The highest BCUT2D eigenvalue weighted by Gasteiger charge is 1.88. The number of carboxylic acids is 2. The minimum absolute atomic E-state index is 0.558. The lowest BCUT2D eigenvalue weighted by Gasteiger charge is -1.74. The van der Waals surface area contributed by atoms with Crippen LogP contribution in [0.25, 0.3) is 0 Å². The lowest BCUT2D eigenvalue weighted by Crippen LogP contribution is -1.91. The fraction of sp³-hybridized carbons (Fsp3) is 0. The Kier molecular flexibility index (Phi) is 8.69. The first kappa shape index (κ1) is 11.8. The highest BCUT2D eigenvalue weighted by atomic mass is 17.2. The summed E-state index contributed by atoms with van der Waals surface area (Å²) in [6, 6.07) is 0. The number of aliphatic carboxylic acids is 2. The van der Waals surface area contributed by atoms with Gasteiger partial charge in [-0.3, -0.25) is 0 Å². The molecule has 0 amide bonds. The van der Waals surface area contributed by atoms with E-state index in [9.17, 15) is 9.59 Å². The minimum Gasteiger partial charge on any atom is -0.478 e. The summed E-state index contributed by atoms with van der Waals surface area (Å²) in [7, 11) is 0. The summed E-state index contributed by atoms with van der Waals surface area (Å²) >= 11 is 0. The highest BCUT2D eigenvalue weighted by Crippen LogP contribution is 1.70. The van der Waals surface area contributed by atoms with Gasteiger partial charge >= 0.3 is 11.9 Å². The smallest absolute Gasteiger partial charge is 0.328 e. The van der Waals surface area contributed by atoms with Crippen LogP contribution in [-0.4, -0.2) is 22.2 Å². The van der Waals surface area contributed by atoms with Crippen molar-refractivity contribution < 1.29 is 25.1 Å². The molecule has 7 nitrogen and oxygen atoms in total. The van der Waals surface area contributed by atoms with E-state index in [1.54, 1.807) is 4.75 Å². The second kappa shape index (κ2) is 8.08. The van der Waals surface area contributed by atoms with Gasteiger partial charge in [0.05, 0.1) is 0 Å². The Morgan fingerprint density at radius 3 is 1.45 bits per heavy atom. The van der Waals surface area contributed by atoms with E-state index in [0.29, 0.717) is 12.2 Å². The summed E-state index contributed by atoms with van der Waals surface area (Å²) in [5.41, 5.74) is 0. The number of carbonyl (C=O) groups is 2. The third-order valence-electron chi connectivity index (χ3n) is 0.368. The van der Waals surface area contributed by atoms with Crippen LogP contribution >= 0.6 is 0 Å². The summed E-state index contributed by atoms with van der Waals surface area (Å²) in [5, 5.41) is 23.5. The molecule has 0 aliphatic carbocycles. The number of hydrogen-bond acceptors (Lipinski definition) is 4. The molecule has 0 saturated heterocycles. The van der Waals surface area contributed by atoms with Gasteiger partial charge in [0.1, 0.15) is 0 Å². The lowest BCUT2D eigenvalue weighted by atomic mass is 10.5. The van der Waals surface area contributed by atoms with Crippen LogP contribution < -0.4 is 5.26 Å². The summed E-state index contributed by atoms with van der Waals surface area (Å²) in [6.07, 6.45) is 1.12. The molecule has 0 saturated carbocycles. The number of carboxylic acid groups (broad SMARTS) is 2. The molecule has 7 heteroatoms. The van der Waals surface area contributed by atoms with Gasteiger partial charge < -0.3 is 10.2 Å². The van der Waals surface area contributed by atoms with E-state index in [-0.39, 0.29) is 0 Å². The van der Waals surface area contributed by atoms with Crippen molar-refractivity contribution in [3.63, 3.8) is 0 Å². The van der Waals surface area contributed by atoms with Crippen LogP contribution in [0.15, 0.2) is 12.2 Å². The van der Waals surface area contributed by atoms with Gasteiger partial charge in [0.15, 0.2) is 4.75 Å². The fourth-order valence-corrected chi connectivity index (χ4v) is 0.143. The van der Waals surface area contributed by atoms with Gasteiger partial charge in [-0.1, -0.05) is 10.2 Å². The third kappa shape index (κ3) is 31.5. The molecule has 0 rings (SSSR count). The molecule has 0 heterocycles. The van der Waals surface area contributed by atoms with Crippen LogP contribution in [0.5, 0.6) is 0 Å². The van der Waals surface area contributed by atoms with Crippen LogP contribution in [0.2, 0.25) is 0 Å². The van der Waals surface area contributed by atoms with Gasteiger partial charge in [0.25, 0.3) is 0 Å². The number of rotatable bonds is 2. The first-order chi connectivity index (χ1) is 5.04. The Morgan fingerprint density at radius 1 is 1.18 bits per heavy atom. The van der Waals surface area contributed by atoms with Gasteiger partial charge in [-0.2, -0.15) is 0 Å². The van der Waals surface area contributed by atoms with E-state index in [4.69, 9.17) is 20.4 Å². The van der Waals surface area contributed by atoms with Crippen LogP contribution in [0.3, 0.4) is 0 Å². The van der Waals surface area contributed by atoms with Crippen molar-refractivity contribution in [1.82, 2.24) is 0 Å². The Morgan fingerprint density at radius 2 is 1.36 bits per heavy atom. The molecule has 0 spiro atoms. The van der Waals surface area contributed by atoms with Gasteiger partial charge in [0, 0.05) is 12.2 Å². The van der Waals surface area contributed by atoms with E-state index in [1.165, 1.54) is 0 Å². The Labute approximate surface area is 60.0 Å². The molecular formula is C4H4O7. The van der Waals surface area contributed by atoms with Crippen molar-refractivity contribution in [3.05, 3.63) is 21.9 Å². The molecule has 0 aromatic heterocycles. The second-order valence-corrected chi connectivity index (χ2v) is 1.08. The maximum absolute atomic E-state index is 9.55. The summed E-state index contributed by atoms with van der Waals surface area (Å²) < 4.78 is 1.75. The van der Waals surface area contributed by atoms with Crippen LogP contribution in [-0.2, 0) is 9.59 Å². The van der Waals surface area contributed by atoms with Crippen molar-refractivity contribution in [3.8, 4) is 0 Å². The predicted octanol–water partition coefficient (Wildman–Crippen LogP) is -1.41. The highest BCUT2D eigenvalue weighted by molar-refractivity contribution is 5.89. The largest absolute Gasteiger partial charge is 0.478 e. The first-order valence-electron chi connectivity index (χ1n) is 2.10. The van der Waals surface area contributed by atoms with Gasteiger partial charge in [0.2, 0.25) is 0 Å². The van der Waals surface area contributed by atoms with Crippen molar-refractivity contribution in [2.24, 2.45) is 0 Å². The first-order valence-corrected chi connectivity index (χ1v) is 2.10. The van der Waals surface area contributed by atoms with Gasteiger partial charge in [-0.05, 0) is 0 Å². The third-order valence-corrected chi connectivity index (χ3v) is 0.368. The van der Waals surface area contributed by atoms with Crippen molar-refractivity contribution >= 4 is 11.9 Å². The van der Waals surface area contributed by atoms with E-state index in [2.05, 4.69) is 0 Å². The summed E-state index contributed by atoms with van der Waals surface area (Å²) in [4.78, 5) is 27.0. The van der Waals surface area contributed by atoms with Crippen LogP contribution in [0.4, 0.5) is 0 Å². The van der Waals surface area contributed by atoms with Gasteiger partial charge in [-0.15, -0.1) is 0 Å². The standard InChI is InChI=1S/C4H4O4.O3/c5-3(6)1-2-4(7)8;1-3-2/h1-2H,(H,5,6)(H,7,8);. The Balaban J connectivity index is 0. The molecule has 0 fully saturated rings. The van der Waals surface area contributed by atoms with Crippen LogP contribution in [0.1, 0.15) is 0 Å². The number of hydrogen-bond donors (Lipinski definition) is 2. The zero-order chi connectivity index (χ0) is 9.28. The SMILES string of the molecule is O=C(O)C=CC(=O)O.O=[O+][O-]. The molecule has 62 valence electrons. The summed E-state index contributed by atoms with van der Waals surface area (Å²) in [6.45, 7) is 0. The fourth-order valence-electron chi connectivity index (χ4n) is 0.143. The maximum Gasteiger partial charge on any atom is 0.328 e. The molecule has 0 bridgehead atoms. The Bertz CT molecular complexity index is 153. The van der Waals surface area contributed by atoms with Gasteiger partial charge in [-0.25, -0.2) is 9.59 Å². The van der Waals surface area contributed by atoms with E-state index < -0.39 is 11.9 Å². The predicted molar refractivity (Wildman–Crippen MR) is 31.1 cm³/mol. The van der Waals surface area contributed by atoms with E-state index in [1.807, 2.05) is 0 Å². The summed E-state index contributed by atoms with van der Waals surface area (Å²) in [5.74, 6) is -2.51. The molecule has 2 N–H and O–H groups in total. The average molecular weight is 164 g/mol. The molecule has 0 aromatic rings. The van der Waals surface area contributed by atoms with Crippen molar-refractivity contribution in [2.45, 2.75) is 0 Å². The normalized spacial score (nSPS) is 8.00. The lowest BCUT2D eigenvalue weighted by molar-refractivity contribution is -0.284. The van der Waals surface area contributed by atoms with E-state index in [0.717, 1.165) is 0 Å². The molecule has 0 aliphatic rings. The van der Waals surface area contributed by atoms with Crippen molar-refractivity contribution in [2.75, 3.05) is 0 Å². The molecule has 0 atom stereocenters. The quantitative estimate of drug-likeness (QED) is 0.223. The average Bonchev–Trinajstić information content (AvgIpc) is 1.85. The van der Waals surface area contributed by atoms with Crippen LogP contribution in [0, 0.1) is 9.71 Å². The minimum atomic E-state index is -1.26. The molecular weight excluding hydrogens is 160 g/mol. The molecule has 0 aromatic carbocycles. The van der Waals surface area contributed by atoms with Crippen molar-refractivity contribution in [1.29, 1.82) is 0 Å². The second-order valence-electron chi connectivity index (χ2n) is 1.08. The molecule has 0 aliphatic heterocycles. The Hall–Kier alpha value is -1.92. The maximum atomic E-state index is 9.55. The molecule has 0 unspecified atom stereocenters.